The molecule has 5 atom stereocenters. The summed E-state index contributed by atoms with van der Waals surface area (Å²) < 4.78 is 36.0. The maximum atomic E-state index is 12.7. The predicted octanol–water partition coefficient (Wildman–Crippen LogP) is 2.18. The minimum atomic E-state index is -0.834. The number of rotatable bonds is 6. The first kappa shape index (κ1) is 20.7. The van der Waals surface area contributed by atoms with Crippen LogP contribution in [-0.2, 0) is 35.0 Å². The summed E-state index contributed by atoms with van der Waals surface area (Å²) in [4.78, 5) is 0. The van der Waals surface area contributed by atoms with Crippen LogP contribution in [0.3, 0.4) is 0 Å². The van der Waals surface area contributed by atoms with Crippen molar-refractivity contribution in [3.05, 3.63) is 41.1 Å². The maximum absolute atomic E-state index is 12.7. The Hall–Kier alpha value is -1.55. The highest BCUT2D eigenvalue weighted by molar-refractivity contribution is 5.52. The minimum absolute atomic E-state index is 0.167. The van der Waals surface area contributed by atoms with Crippen molar-refractivity contribution in [2.75, 3.05) is 13.2 Å². The van der Waals surface area contributed by atoms with Crippen LogP contribution >= 0.6 is 0 Å². The number of fused-ring (bicyclic) bond motifs is 1. The summed E-state index contributed by atoms with van der Waals surface area (Å²) in [5.41, 5.74) is 1.05. The zero-order chi connectivity index (χ0) is 20.6. The van der Waals surface area contributed by atoms with Gasteiger partial charge in [-0.15, -0.1) is 0 Å². The number of nitrogens with zero attached hydrogens (tertiary/aromatic N) is 1. The molecule has 0 N–H and O–H groups in total. The Kier molecular flexibility index (Phi) is 5.67. The second-order valence-electron chi connectivity index (χ2n) is 8.47. The molecular weight excluding hydrogens is 378 g/mol. The van der Waals surface area contributed by atoms with E-state index in [0.29, 0.717) is 13.2 Å². The van der Waals surface area contributed by atoms with Crippen LogP contribution in [0.15, 0.2) is 30.3 Å². The smallest absolute Gasteiger partial charge is 0.297 e. The lowest BCUT2D eigenvalue weighted by atomic mass is 10.1. The lowest BCUT2D eigenvalue weighted by Crippen LogP contribution is -2.40. The third-order valence-corrected chi connectivity index (χ3v) is 5.20. The van der Waals surface area contributed by atoms with Gasteiger partial charge in [-0.2, -0.15) is 4.74 Å². The molecule has 3 aliphatic heterocycles. The highest BCUT2D eigenvalue weighted by Gasteiger charge is 2.62. The molecule has 1 aromatic rings. The molecule has 1 aromatic carbocycles. The maximum Gasteiger partial charge on any atom is 0.297 e. The Bertz CT molecular complexity index is 736. The summed E-state index contributed by atoms with van der Waals surface area (Å²) in [5, 5.41) is 12.7. The van der Waals surface area contributed by atoms with Gasteiger partial charge in [-0.05, 0) is 33.3 Å². The fourth-order valence-corrected chi connectivity index (χ4v) is 3.97. The summed E-state index contributed by atoms with van der Waals surface area (Å²) in [6.45, 7) is 8.34. The molecule has 0 bridgehead atoms. The molecule has 3 heterocycles. The molecule has 0 radical (unpaired) electrons. The molecule has 0 aliphatic carbocycles. The van der Waals surface area contributed by atoms with Crippen LogP contribution in [0, 0.1) is 5.21 Å². The van der Waals surface area contributed by atoms with Gasteiger partial charge in [0.15, 0.2) is 23.9 Å². The van der Waals surface area contributed by atoms with Crippen molar-refractivity contribution in [1.82, 2.24) is 0 Å². The average molecular weight is 407 g/mol. The normalized spacial score (nSPS) is 35.7. The molecular formula is C21H29NO7. The van der Waals surface area contributed by atoms with E-state index in [-0.39, 0.29) is 12.7 Å². The highest BCUT2D eigenvalue weighted by atomic mass is 16.8. The Morgan fingerprint density at radius 2 is 1.76 bits per heavy atom. The lowest BCUT2D eigenvalue weighted by Gasteiger charge is -2.26. The molecule has 8 nitrogen and oxygen atoms in total. The fourth-order valence-electron chi connectivity index (χ4n) is 3.97. The number of hydroxylamine groups is 1. The van der Waals surface area contributed by atoms with Crippen molar-refractivity contribution < 1.29 is 33.2 Å². The molecule has 3 fully saturated rings. The van der Waals surface area contributed by atoms with Gasteiger partial charge in [0.05, 0.1) is 13.2 Å². The quantitative estimate of drug-likeness (QED) is 0.235. The number of benzene rings is 1. The molecule has 0 spiro atoms. The second-order valence-corrected chi connectivity index (χ2v) is 8.47. The van der Waals surface area contributed by atoms with Crippen LogP contribution in [0.25, 0.3) is 0 Å². The Labute approximate surface area is 170 Å². The van der Waals surface area contributed by atoms with Crippen LogP contribution in [0.2, 0.25) is 0 Å². The van der Waals surface area contributed by atoms with E-state index >= 15 is 0 Å². The summed E-state index contributed by atoms with van der Waals surface area (Å²) >= 11 is 0. The van der Waals surface area contributed by atoms with Crippen LogP contribution in [-0.4, -0.2) is 66.4 Å². The van der Waals surface area contributed by atoms with E-state index < -0.39 is 36.1 Å². The zero-order valence-electron chi connectivity index (χ0n) is 17.3. The first-order valence-electron chi connectivity index (χ1n) is 9.97. The number of hydrogen-bond acceptors (Lipinski definition) is 7. The molecule has 160 valence electrons. The lowest BCUT2D eigenvalue weighted by molar-refractivity contribution is -0.563. The number of hydrogen-bond donors (Lipinski definition) is 0. The third kappa shape index (κ3) is 4.63. The Morgan fingerprint density at radius 1 is 1.03 bits per heavy atom. The first-order valence-corrected chi connectivity index (χ1v) is 9.97. The van der Waals surface area contributed by atoms with Gasteiger partial charge in [0.1, 0.15) is 24.9 Å². The van der Waals surface area contributed by atoms with Crippen LogP contribution in [0.1, 0.15) is 33.3 Å². The van der Waals surface area contributed by atoms with Crippen molar-refractivity contribution in [2.24, 2.45) is 0 Å². The third-order valence-electron chi connectivity index (χ3n) is 5.20. The van der Waals surface area contributed by atoms with Gasteiger partial charge in [-0.1, -0.05) is 30.3 Å². The topological polar surface area (TPSA) is 81.5 Å². The summed E-state index contributed by atoms with van der Waals surface area (Å²) in [6.07, 6.45) is -1.12. The van der Waals surface area contributed by atoms with E-state index in [1.807, 2.05) is 58.0 Å². The molecule has 0 saturated carbocycles. The highest BCUT2D eigenvalue weighted by Crippen LogP contribution is 2.42. The summed E-state index contributed by atoms with van der Waals surface area (Å²) in [6, 6.07) is 9.79. The molecule has 3 aliphatic rings. The molecule has 8 heteroatoms. The molecule has 29 heavy (non-hydrogen) atoms. The van der Waals surface area contributed by atoms with Gasteiger partial charge in [-0.25, -0.2) is 0 Å². The Balaban J connectivity index is 1.40. The van der Waals surface area contributed by atoms with Gasteiger partial charge >= 0.3 is 0 Å². The van der Waals surface area contributed by atoms with Crippen molar-refractivity contribution in [3.63, 3.8) is 0 Å². The average Bonchev–Trinajstić information content (AvgIpc) is 3.29. The predicted molar refractivity (Wildman–Crippen MR) is 103 cm³/mol. The van der Waals surface area contributed by atoms with Gasteiger partial charge < -0.3 is 33.6 Å². The van der Waals surface area contributed by atoms with Gasteiger partial charge in [0, 0.05) is 0 Å². The van der Waals surface area contributed by atoms with E-state index in [2.05, 4.69) is 0 Å². The molecule has 0 unspecified atom stereocenters. The largest absolute Gasteiger partial charge is 0.622 e. The first-order chi connectivity index (χ1) is 13.7. The summed E-state index contributed by atoms with van der Waals surface area (Å²) in [7, 11) is 0. The van der Waals surface area contributed by atoms with Crippen molar-refractivity contribution in [3.8, 4) is 0 Å². The molecule has 0 aromatic heterocycles. The standard InChI is InChI=1S/C21H29NO7/c1-20(2)25-13-15(27-20)16-17-18(29-21(3,4)28-17)19(26-16)22(23)10-11-24-12-14-8-6-5-7-9-14/h5-10,15-19H,11-13H2,1-4H3/b22-10-/t15-,16+,17-,18-,19-/m0/s1. The van der Waals surface area contributed by atoms with Crippen LogP contribution in [0.5, 0.6) is 0 Å². The van der Waals surface area contributed by atoms with Gasteiger partial charge in [0.2, 0.25) is 0 Å². The minimum Gasteiger partial charge on any atom is -0.622 e. The molecule has 0 amide bonds. The fraction of sp³-hybridized carbons (Fsp3) is 0.667. The van der Waals surface area contributed by atoms with Crippen LogP contribution in [0.4, 0.5) is 0 Å². The summed E-state index contributed by atoms with van der Waals surface area (Å²) in [5.74, 6) is -1.49. The Morgan fingerprint density at radius 3 is 2.45 bits per heavy atom. The molecule has 3 saturated heterocycles. The molecule has 4 rings (SSSR count). The monoisotopic (exact) mass is 407 g/mol. The van der Waals surface area contributed by atoms with Crippen molar-refractivity contribution in [1.29, 1.82) is 0 Å². The van der Waals surface area contributed by atoms with Gasteiger partial charge in [0.25, 0.3) is 6.23 Å². The SMILES string of the molecule is CC1(C)O[C@H]2[C@@H]([C@@H]3COC(C)(C)O3)O[C@H](/[N+]([O-])=C/COCc3ccccc3)[C@H]2O1. The second kappa shape index (κ2) is 7.94. The van der Waals surface area contributed by atoms with E-state index in [0.717, 1.165) is 10.3 Å². The van der Waals surface area contributed by atoms with E-state index in [1.54, 1.807) is 0 Å². The van der Waals surface area contributed by atoms with Crippen molar-refractivity contribution >= 4 is 6.21 Å². The van der Waals surface area contributed by atoms with Gasteiger partial charge in [-0.3, -0.25) is 0 Å². The zero-order valence-corrected chi connectivity index (χ0v) is 17.3. The van der Waals surface area contributed by atoms with E-state index in [4.69, 9.17) is 28.4 Å². The number of ether oxygens (including phenoxy) is 6. The van der Waals surface area contributed by atoms with Crippen LogP contribution < -0.4 is 0 Å². The van der Waals surface area contributed by atoms with E-state index in [1.165, 1.54) is 6.21 Å². The van der Waals surface area contributed by atoms with E-state index in [9.17, 15) is 5.21 Å². The van der Waals surface area contributed by atoms with Crippen molar-refractivity contribution in [2.45, 2.75) is 76.5 Å².